The SMILES string of the molecule is COc1cc2oc3c(c(-c4ccc5oc(C(C)C)cc5c4OC)nn4c(-c5ccccc5)nnc34)c2cc1OC. The molecule has 0 aliphatic rings. The molecule has 9 heteroatoms. The van der Waals surface area contributed by atoms with Gasteiger partial charge in [-0.25, -0.2) is 0 Å². The molecule has 0 atom stereocenters. The van der Waals surface area contributed by atoms with E-state index in [4.69, 9.17) is 28.1 Å². The van der Waals surface area contributed by atoms with Crippen molar-refractivity contribution in [1.29, 1.82) is 0 Å². The lowest BCUT2D eigenvalue weighted by Gasteiger charge is -2.11. The van der Waals surface area contributed by atoms with Crippen molar-refractivity contribution in [1.82, 2.24) is 19.8 Å². The Balaban J connectivity index is 1.63. The summed E-state index contributed by atoms with van der Waals surface area (Å²) < 4.78 is 31.5. The summed E-state index contributed by atoms with van der Waals surface area (Å²) >= 11 is 0. The van der Waals surface area contributed by atoms with Crippen LogP contribution in [0.4, 0.5) is 0 Å². The first kappa shape index (κ1) is 24.0. The van der Waals surface area contributed by atoms with Crippen LogP contribution in [0.5, 0.6) is 17.2 Å². The number of ether oxygens (including phenoxy) is 3. The summed E-state index contributed by atoms with van der Waals surface area (Å²) in [5.74, 6) is 3.51. The fraction of sp³-hybridized carbons (Fsp3) is 0.194. The Labute approximate surface area is 228 Å². The van der Waals surface area contributed by atoms with Crippen LogP contribution in [0.2, 0.25) is 0 Å². The van der Waals surface area contributed by atoms with Crippen molar-refractivity contribution >= 4 is 38.6 Å². The molecular weight excluding hydrogens is 508 g/mol. The lowest BCUT2D eigenvalue weighted by atomic mass is 10.0. The smallest absolute Gasteiger partial charge is 0.221 e. The zero-order chi connectivity index (χ0) is 27.5. The van der Waals surface area contributed by atoms with Gasteiger partial charge >= 0.3 is 0 Å². The Morgan fingerprint density at radius 3 is 2.27 bits per heavy atom. The van der Waals surface area contributed by atoms with Crippen molar-refractivity contribution in [2.24, 2.45) is 0 Å². The highest BCUT2D eigenvalue weighted by Crippen LogP contribution is 2.46. The monoisotopic (exact) mass is 534 g/mol. The molecule has 0 amide bonds. The van der Waals surface area contributed by atoms with Crippen molar-refractivity contribution in [2.45, 2.75) is 19.8 Å². The van der Waals surface area contributed by atoms with Crippen LogP contribution in [0, 0.1) is 0 Å². The van der Waals surface area contributed by atoms with Crippen LogP contribution < -0.4 is 14.2 Å². The number of aromatic nitrogens is 4. The second-order valence-electron chi connectivity index (χ2n) is 9.84. The van der Waals surface area contributed by atoms with E-state index in [1.165, 1.54) is 0 Å². The molecule has 9 nitrogen and oxygen atoms in total. The lowest BCUT2D eigenvalue weighted by molar-refractivity contribution is 0.355. The maximum absolute atomic E-state index is 6.46. The van der Waals surface area contributed by atoms with Crippen molar-refractivity contribution in [3.05, 3.63) is 66.4 Å². The molecule has 0 aliphatic heterocycles. The molecule has 0 saturated carbocycles. The van der Waals surface area contributed by atoms with E-state index in [-0.39, 0.29) is 5.92 Å². The molecule has 7 aromatic rings. The van der Waals surface area contributed by atoms with Gasteiger partial charge in [0.2, 0.25) is 5.65 Å². The van der Waals surface area contributed by atoms with E-state index in [0.29, 0.717) is 45.6 Å². The molecule has 200 valence electrons. The third-order valence-corrected chi connectivity index (χ3v) is 7.21. The third kappa shape index (κ3) is 3.44. The molecule has 4 heterocycles. The summed E-state index contributed by atoms with van der Waals surface area (Å²) in [6.45, 7) is 4.20. The highest BCUT2D eigenvalue weighted by atomic mass is 16.5. The van der Waals surface area contributed by atoms with Crippen LogP contribution in [-0.2, 0) is 0 Å². The lowest BCUT2D eigenvalue weighted by Crippen LogP contribution is -2.00. The minimum absolute atomic E-state index is 0.229. The number of rotatable bonds is 6. The minimum atomic E-state index is 0.229. The van der Waals surface area contributed by atoms with Gasteiger partial charge in [-0.3, -0.25) is 0 Å². The molecule has 0 spiro atoms. The van der Waals surface area contributed by atoms with Crippen LogP contribution in [0.25, 0.3) is 61.2 Å². The molecule has 0 saturated heterocycles. The number of furan rings is 2. The summed E-state index contributed by atoms with van der Waals surface area (Å²) in [6, 6.07) is 19.5. The van der Waals surface area contributed by atoms with Crippen molar-refractivity contribution in [3.63, 3.8) is 0 Å². The molecule has 0 bridgehead atoms. The van der Waals surface area contributed by atoms with Gasteiger partial charge in [-0.2, -0.15) is 9.61 Å². The minimum Gasteiger partial charge on any atom is -0.495 e. The fourth-order valence-electron chi connectivity index (χ4n) is 5.23. The predicted octanol–water partition coefficient (Wildman–Crippen LogP) is 7.25. The zero-order valence-electron chi connectivity index (χ0n) is 22.7. The van der Waals surface area contributed by atoms with Crippen LogP contribution in [0.3, 0.4) is 0 Å². The van der Waals surface area contributed by atoms with E-state index in [1.807, 2.05) is 60.7 Å². The zero-order valence-corrected chi connectivity index (χ0v) is 22.7. The average Bonchev–Trinajstić information content (AvgIpc) is 3.70. The Morgan fingerprint density at radius 2 is 1.55 bits per heavy atom. The molecule has 0 N–H and O–H groups in total. The molecule has 0 unspecified atom stereocenters. The van der Waals surface area contributed by atoms with Gasteiger partial charge in [-0.15, -0.1) is 10.2 Å². The Morgan fingerprint density at radius 1 is 0.775 bits per heavy atom. The quantitative estimate of drug-likeness (QED) is 0.220. The molecule has 0 fully saturated rings. The van der Waals surface area contributed by atoms with Crippen molar-refractivity contribution < 1.29 is 23.0 Å². The second kappa shape index (κ2) is 9.01. The maximum Gasteiger partial charge on any atom is 0.221 e. The largest absolute Gasteiger partial charge is 0.495 e. The van der Waals surface area contributed by atoms with E-state index in [1.54, 1.807) is 25.8 Å². The maximum atomic E-state index is 6.46. The first-order chi connectivity index (χ1) is 19.5. The van der Waals surface area contributed by atoms with Crippen molar-refractivity contribution in [3.8, 4) is 39.9 Å². The first-order valence-electron chi connectivity index (χ1n) is 12.9. The molecular formula is C31H26N4O5. The van der Waals surface area contributed by atoms with E-state index < -0.39 is 0 Å². The number of fused-ring (bicyclic) bond motifs is 6. The summed E-state index contributed by atoms with van der Waals surface area (Å²) in [7, 11) is 4.86. The van der Waals surface area contributed by atoms with Gasteiger partial charge in [0, 0.05) is 28.5 Å². The van der Waals surface area contributed by atoms with Gasteiger partial charge in [0.15, 0.2) is 22.9 Å². The van der Waals surface area contributed by atoms with Crippen molar-refractivity contribution in [2.75, 3.05) is 21.3 Å². The van der Waals surface area contributed by atoms with Gasteiger partial charge in [0.1, 0.15) is 28.4 Å². The highest BCUT2D eigenvalue weighted by molar-refractivity contribution is 6.16. The number of methoxy groups -OCH3 is 3. The standard InChI is InChI=1S/C31H26N4O5/c1-16(2)22-14-20-21(39-22)12-11-18(28(20)38-5)27-26-19-13-24(36-3)25(37-4)15-23(19)40-29(26)31-33-32-30(35(31)34-27)17-9-7-6-8-10-17/h6-16H,1-5H3. The normalized spacial score (nSPS) is 11.8. The Hall–Kier alpha value is -5.05. The third-order valence-electron chi connectivity index (χ3n) is 7.21. The number of benzene rings is 3. The van der Waals surface area contributed by atoms with E-state index in [9.17, 15) is 0 Å². The number of nitrogens with zero attached hydrogens (tertiary/aromatic N) is 4. The number of hydrogen-bond donors (Lipinski definition) is 0. The number of hydrogen-bond acceptors (Lipinski definition) is 8. The van der Waals surface area contributed by atoms with Crippen LogP contribution in [0.15, 0.2) is 69.5 Å². The van der Waals surface area contributed by atoms with E-state index in [2.05, 4.69) is 24.0 Å². The second-order valence-corrected chi connectivity index (χ2v) is 9.84. The van der Waals surface area contributed by atoms with Crippen LogP contribution >= 0.6 is 0 Å². The van der Waals surface area contributed by atoms with Gasteiger partial charge in [0.05, 0.1) is 32.1 Å². The molecule has 40 heavy (non-hydrogen) atoms. The molecule has 7 rings (SSSR count). The fourth-order valence-corrected chi connectivity index (χ4v) is 5.23. The van der Waals surface area contributed by atoms with Gasteiger partial charge in [-0.05, 0) is 24.3 Å². The Kier molecular flexibility index (Phi) is 5.41. The summed E-state index contributed by atoms with van der Waals surface area (Å²) in [5.41, 5.74) is 4.71. The van der Waals surface area contributed by atoms with E-state index >= 15 is 0 Å². The molecule has 4 aromatic heterocycles. The summed E-state index contributed by atoms with van der Waals surface area (Å²) in [4.78, 5) is 0. The highest BCUT2D eigenvalue weighted by Gasteiger charge is 2.26. The van der Waals surface area contributed by atoms with Gasteiger partial charge in [0.25, 0.3) is 0 Å². The van der Waals surface area contributed by atoms with Crippen LogP contribution in [0.1, 0.15) is 25.5 Å². The first-order valence-corrected chi connectivity index (χ1v) is 12.9. The summed E-state index contributed by atoms with van der Waals surface area (Å²) in [5, 5.41) is 16.6. The van der Waals surface area contributed by atoms with E-state index in [0.717, 1.165) is 38.6 Å². The molecule has 0 aliphatic carbocycles. The average molecular weight is 535 g/mol. The summed E-state index contributed by atoms with van der Waals surface area (Å²) in [6.07, 6.45) is 0. The Bertz CT molecular complexity index is 2050. The topological polar surface area (TPSA) is 97.1 Å². The molecule has 0 radical (unpaired) electrons. The van der Waals surface area contributed by atoms with Gasteiger partial charge < -0.3 is 23.0 Å². The molecule has 3 aromatic carbocycles. The predicted molar refractivity (Wildman–Crippen MR) is 152 cm³/mol. The van der Waals surface area contributed by atoms with Crippen LogP contribution in [-0.4, -0.2) is 41.1 Å². The van der Waals surface area contributed by atoms with Gasteiger partial charge in [-0.1, -0.05) is 44.2 Å².